The Labute approximate surface area is 143 Å². The molecule has 1 aliphatic rings. The van der Waals surface area contributed by atoms with E-state index in [1.807, 2.05) is 6.92 Å². The summed E-state index contributed by atoms with van der Waals surface area (Å²) in [6.45, 7) is 2.13. The lowest BCUT2D eigenvalue weighted by Gasteiger charge is -2.29. The Hall–Kier alpha value is -2.41. The van der Waals surface area contributed by atoms with Crippen LogP contribution in [0.1, 0.15) is 11.1 Å². The van der Waals surface area contributed by atoms with Crippen LogP contribution in [0.25, 0.3) is 0 Å². The lowest BCUT2D eigenvalue weighted by molar-refractivity contribution is -0.137. The summed E-state index contributed by atoms with van der Waals surface area (Å²) in [7, 11) is 0. The highest BCUT2D eigenvalue weighted by Gasteiger charge is 2.34. The SMILES string of the molecule is Cc1cnn(CC2NC(=O)C(Cc3cccc(Cl)c3F)NC2=O)c1. The Balaban J connectivity index is 1.68. The van der Waals surface area contributed by atoms with Gasteiger partial charge >= 0.3 is 0 Å². The number of hydrogen-bond donors (Lipinski definition) is 2. The van der Waals surface area contributed by atoms with Gasteiger partial charge in [-0.05, 0) is 24.1 Å². The van der Waals surface area contributed by atoms with Gasteiger partial charge in [0.15, 0.2) is 0 Å². The van der Waals surface area contributed by atoms with E-state index < -0.39 is 17.9 Å². The number of hydrogen-bond acceptors (Lipinski definition) is 3. The van der Waals surface area contributed by atoms with Crippen LogP contribution in [0.4, 0.5) is 4.39 Å². The average molecular weight is 351 g/mol. The van der Waals surface area contributed by atoms with Gasteiger partial charge in [-0.15, -0.1) is 0 Å². The van der Waals surface area contributed by atoms with Gasteiger partial charge in [-0.2, -0.15) is 5.10 Å². The van der Waals surface area contributed by atoms with Crippen LogP contribution in [-0.4, -0.2) is 33.7 Å². The third-order valence-corrected chi connectivity index (χ3v) is 4.15. The largest absolute Gasteiger partial charge is 0.342 e. The second-order valence-electron chi connectivity index (χ2n) is 5.78. The standard InChI is InChI=1S/C16H16ClFN4O2/c1-9-6-19-22(7-9)8-13-16(24)20-12(15(23)21-13)5-10-3-2-4-11(17)14(10)18/h2-4,6-7,12-13H,5,8H2,1H3,(H,20,24)(H,21,23). The highest BCUT2D eigenvalue weighted by atomic mass is 35.5. The maximum absolute atomic E-state index is 14.0. The number of nitrogens with zero attached hydrogens (tertiary/aromatic N) is 2. The number of carbonyl (C=O) groups excluding carboxylic acids is 2. The van der Waals surface area contributed by atoms with E-state index in [-0.39, 0.29) is 35.4 Å². The lowest BCUT2D eigenvalue weighted by atomic mass is 10.0. The fraction of sp³-hybridized carbons (Fsp3) is 0.312. The Morgan fingerprint density at radius 3 is 2.67 bits per heavy atom. The van der Waals surface area contributed by atoms with Crippen molar-refractivity contribution in [2.45, 2.75) is 32.0 Å². The summed E-state index contributed by atoms with van der Waals surface area (Å²) in [5, 5.41) is 9.38. The first-order valence-electron chi connectivity index (χ1n) is 7.46. The van der Waals surface area contributed by atoms with Crippen molar-refractivity contribution in [3.05, 3.63) is 52.6 Å². The zero-order valence-electron chi connectivity index (χ0n) is 12.9. The molecule has 24 heavy (non-hydrogen) atoms. The number of carbonyl (C=O) groups is 2. The number of halogens is 2. The van der Waals surface area contributed by atoms with Crippen LogP contribution in [0.15, 0.2) is 30.6 Å². The molecule has 3 rings (SSSR count). The molecular weight excluding hydrogens is 335 g/mol. The molecule has 2 atom stereocenters. The lowest BCUT2D eigenvalue weighted by Crippen LogP contribution is -2.63. The van der Waals surface area contributed by atoms with Crippen LogP contribution in [-0.2, 0) is 22.6 Å². The van der Waals surface area contributed by atoms with Gasteiger partial charge in [-0.25, -0.2) is 4.39 Å². The molecule has 1 aromatic heterocycles. The van der Waals surface area contributed by atoms with Gasteiger partial charge in [0.2, 0.25) is 11.8 Å². The second kappa shape index (κ2) is 6.60. The first-order chi connectivity index (χ1) is 11.4. The van der Waals surface area contributed by atoms with E-state index in [2.05, 4.69) is 15.7 Å². The minimum absolute atomic E-state index is 0.0121. The number of aryl methyl sites for hydroxylation is 1. The molecule has 0 bridgehead atoms. The summed E-state index contributed by atoms with van der Waals surface area (Å²) in [4.78, 5) is 24.5. The molecule has 0 saturated carbocycles. The van der Waals surface area contributed by atoms with E-state index in [1.165, 1.54) is 6.07 Å². The number of nitrogens with one attached hydrogen (secondary N) is 2. The molecule has 2 unspecified atom stereocenters. The summed E-state index contributed by atoms with van der Waals surface area (Å²) in [5.41, 5.74) is 1.25. The Bertz CT molecular complexity index is 792. The number of aromatic nitrogens is 2. The predicted molar refractivity (Wildman–Crippen MR) is 85.9 cm³/mol. The second-order valence-corrected chi connectivity index (χ2v) is 6.19. The number of rotatable bonds is 4. The van der Waals surface area contributed by atoms with Gasteiger partial charge in [0.25, 0.3) is 0 Å². The molecule has 6 nitrogen and oxygen atoms in total. The summed E-state index contributed by atoms with van der Waals surface area (Å²) in [5.74, 6) is -1.26. The fourth-order valence-corrected chi connectivity index (χ4v) is 2.82. The predicted octanol–water partition coefficient (Wildman–Crippen LogP) is 1.21. The van der Waals surface area contributed by atoms with Crippen LogP contribution < -0.4 is 10.6 Å². The van der Waals surface area contributed by atoms with Gasteiger partial charge < -0.3 is 10.6 Å². The first-order valence-corrected chi connectivity index (χ1v) is 7.84. The smallest absolute Gasteiger partial charge is 0.245 e. The van der Waals surface area contributed by atoms with Crippen LogP contribution >= 0.6 is 11.6 Å². The molecule has 126 valence electrons. The van der Waals surface area contributed by atoms with Crippen LogP contribution in [0.3, 0.4) is 0 Å². The summed E-state index contributed by atoms with van der Waals surface area (Å²) in [6, 6.07) is 3.03. The minimum Gasteiger partial charge on any atom is -0.342 e. The van der Waals surface area contributed by atoms with Crippen molar-refractivity contribution in [3.8, 4) is 0 Å². The maximum atomic E-state index is 14.0. The van der Waals surface area contributed by atoms with Crippen molar-refractivity contribution in [1.82, 2.24) is 20.4 Å². The van der Waals surface area contributed by atoms with Crippen molar-refractivity contribution < 1.29 is 14.0 Å². The maximum Gasteiger partial charge on any atom is 0.245 e. The Kier molecular flexibility index (Phi) is 4.53. The van der Waals surface area contributed by atoms with Gasteiger partial charge in [-0.1, -0.05) is 23.7 Å². The van der Waals surface area contributed by atoms with Crippen molar-refractivity contribution in [2.75, 3.05) is 0 Å². The monoisotopic (exact) mass is 350 g/mol. The van der Waals surface area contributed by atoms with Gasteiger partial charge in [-0.3, -0.25) is 14.3 Å². The molecule has 1 aromatic carbocycles. The molecule has 2 amide bonds. The Morgan fingerprint density at radius 2 is 1.96 bits per heavy atom. The van der Waals surface area contributed by atoms with Crippen LogP contribution in [0.5, 0.6) is 0 Å². The zero-order valence-corrected chi connectivity index (χ0v) is 13.7. The number of benzene rings is 1. The molecule has 0 aliphatic carbocycles. The first kappa shape index (κ1) is 16.4. The number of piperazine rings is 1. The molecule has 1 aliphatic heterocycles. The molecule has 8 heteroatoms. The number of amides is 2. The average Bonchev–Trinajstić information content (AvgIpc) is 2.94. The van der Waals surface area contributed by atoms with E-state index in [0.29, 0.717) is 0 Å². The highest BCUT2D eigenvalue weighted by molar-refractivity contribution is 6.30. The minimum atomic E-state index is -0.832. The van der Waals surface area contributed by atoms with E-state index in [4.69, 9.17) is 11.6 Å². The molecule has 2 heterocycles. The van der Waals surface area contributed by atoms with E-state index in [0.717, 1.165) is 5.56 Å². The molecule has 0 spiro atoms. The van der Waals surface area contributed by atoms with E-state index >= 15 is 0 Å². The zero-order chi connectivity index (χ0) is 17.3. The fourth-order valence-electron chi connectivity index (χ4n) is 2.63. The van der Waals surface area contributed by atoms with Crippen molar-refractivity contribution in [3.63, 3.8) is 0 Å². The summed E-state index contributed by atoms with van der Waals surface area (Å²) >= 11 is 5.74. The highest BCUT2D eigenvalue weighted by Crippen LogP contribution is 2.19. The van der Waals surface area contributed by atoms with Crippen LogP contribution in [0.2, 0.25) is 5.02 Å². The topological polar surface area (TPSA) is 76.0 Å². The Morgan fingerprint density at radius 1 is 1.25 bits per heavy atom. The molecule has 2 N–H and O–H groups in total. The van der Waals surface area contributed by atoms with Gasteiger partial charge in [0.1, 0.15) is 17.9 Å². The molecule has 1 saturated heterocycles. The van der Waals surface area contributed by atoms with E-state index in [1.54, 1.807) is 29.2 Å². The molecule has 1 fully saturated rings. The van der Waals surface area contributed by atoms with Gasteiger partial charge in [0.05, 0.1) is 17.8 Å². The molecule has 2 aromatic rings. The molecule has 0 radical (unpaired) electrons. The molecular formula is C16H16ClFN4O2. The normalized spacial score (nSPS) is 20.6. The van der Waals surface area contributed by atoms with Gasteiger partial charge in [0, 0.05) is 12.6 Å². The summed E-state index contributed by atoms with van der Waals surface area (Å²) in [6.07, 6.45) is 3.50. The van der Waals surface area contributed by atoms with Crippen LogP contribution in [0, 0.1) is 12.7 Å². The third-order valence-electron chi connectivity index (χ3n) is 3.85. The van der Waals surface area contributed by atoms with E-state index in [9.17, 15) is 14.0 Å². The van der Waals surface area contributed by atoms with Crippen molar-refractivity contribution in [1.29, 1.82) is 0 Å². The van der Waals surface area contributed by atoms with Crippen molar-refractivity contribution >= 4 is 23.4 Å². The third kappa shape index (κ3) is 3.41. The van der Waals surface area contributed by atoms with Crippen molar-refractivity contribution in [2.24, 2.45) is 0 Å². The summed E-state index contributed by atoms with van der Waals surface area (Å²) < 4.78 is 15.6. The quantitative estimate of drug-likeness (QED) is 0.870.